The van der Waals surface area contributed by atoms with E-state index < -0.39 is 0 Å². The minimum atomic E-state index is 0.549. The van der Waals surface area contributed by atoms with Gasteiger partial charge in [-0.25, -0.2) is 4.52 Å². The van der Waals surface area contributed by atoms with Crippen LogP contribution < -0.4 is 0 Å². The van der Waals surface area contributed by atoms with Gasteiger partial charge in [0, 0.05) is 16.3 Å². The molecule has 0 bridgehead atoms. The highest BCUT2D eigenvalue weighted by atomic mass is 32.2. The van der Waals surface area contributed by atoms with E-state index in [0.717, 1.165) is 16.8 Å². The van der Waals surface area contributed by atoms with Crippen molar-refractivity contribution >= 4 is 17.3 Å². The molecule has 2 heterocycles. The number of rotatable bonds is 3. The first-order valence-electron chi connectivity index (χ1n) is 5.29. The Morgan fingerprint density at radius 2 is 2.44 bits per heavy atom. The molecule has 16 heavy (non-hydrogen) atoms. The van der Waals surface area contributed by atoms with Crippen LogP contribution in [0.3, 0.4) is 0 Å². The molecule has 1 atom stereocenters. The number of nitriles is 1. The number of fused-ring (bicyclic) bond motifs is 1. The number of pyridine rings is 1. The van der Waals surface area contributed by atoms with E-state index in [1.165, 1.54) is 0 Å². The molecule has 0 aliphatic heterocycles. The fourth-order valence-corrected chi connectivity index (χ4v) is 2.56. The third-order valence-corrected chi connectivity index (χ3v) is 3.85. The lowest BCUT2D eigenvalue weighted by atomic mass is 10.3. The third-order valence-electron chi connectivity index (χ3n) is 2.53. The average Bonchev–Trinajstić information content (AvgIpc) is 2.73. The van der Waals surface area contributed by atoms with Gasteiger partial charge in [-0.05, 0) is 18.6 Å². The third kappa shape index (κ3) is 1.91. The smallest absolute Gasteiger partial charge is 0.103 e. The molecule has 2 rings (SSSR count). The molecule has 0 N–H and O–H groups in total. The highest BCUT2D eigenvalue weighted by Gasteiger charge is 2.10. The number of nitrogens with zero attached hydrogens (tertiary/aromatic N) is 3. The van der Waals surface area contributed by atoms with Gasteiger partial charge in [0.15, 0.2) is 0 Å². The van der Waals surface area contributed by atoms with Crippen LogP contribution in [0.25, 0.3) is 5.52 Å². The minimum Gasteiger partial charge on any atom is -0.238 e. The second-order valence-corrected chi connectivity index (χ2v) is 5.15. The zero-order valence-electron chi connectivity index (χ0n) is 9.34. The van der Waals surface area contributed by atoms with Crippen molar-refractivity contribution in [2.24, 2.45) is 0 Å². The topological polar surface area (TPSA) is 41.1 Å². The first kappa shape index (κ1) is 11.0. The second-order valence-electron chi connectivity index (χ2n) is 3.67. The second kappa shape index (κ2) is 4.58. The van der Waals surface area contributed by atoms with Crippen molar-refractivity contribution in [3.05, 3.63) is 30.1 Å². The summed E-state index contributed by atoms with van der Waals surface area (Å²) < 4.78 is 1.77. The molecule has 0 radical (unpaired) electrons. The molecule has 0 amide bonds. The molecule has 0 saturated carbocycles. The summed E-state index contributed by atoms with van der Waals surface area (Å²) in [6.45, 7) is 4.36. The zero-order chi connectivity index (χ0) is 11.5. The van der Waals surface area contributed by atoms with E-state index in [2.05, 4.69) is 31.1 Å². The van der Waals surface area contributed by atoms with Crippen LogP contribution >= 0.6 is 11.8 Å². The Kier molecular flexibility index (Phi) is 3.16. The van der Waals surface area contributed by atoms with Crippen molar-refractivity contribution < 1.29 is 0 Å². The molecule has 0 aliphatic rings. The first-order valence-corrected chi connectivity index (χ1v) is 6.17. The summed E-state index contributed by atoms with van der Waals surface area (Å²) in [5, 5.41) is 13.7. The van der Waals surface area contributed by atoms with E-state index >= 15 is 0 Å². The van der Waals surface area contributed by atoms with Gasteiger partial charge in [-0.1, -0.05) is 13.8 Å². The van der Waals surface area contributed by atoms with Crippen molar-refractivity contribution in [2.45, 2.75) is 30.4 Å². The van der Waals surface area contributed by atoms with Gasteiger partial charge < -0.3 is 0 Å². The molecule has 3 nitrogen and oxygen atoms in total. The summed E-state index contributed by atoms with van der Waals surface area (Å²) in [5.41, 5.74) is 1.57. The van der Waals surface area contributed by atoms with Crippen molar-refractivity contribution in [1.29, 1.82) is 5.26 Å². The van der Waals surface area contributed by atoms with Gasteiger partial charge in [0.25, 0.3) is 0 Å². The largest absolute Gasteiger partial charge is 0.238 e. The lowest BCUT2D eigenvalue weighted by Gasteiger charge is -2.09. The van der Waals surface area contributed by atoms with Crippen LogP contribution in [0.4, 0.5) is 0 Å². The van der Waals surface area contributed by atoms with Gasteiger partial charge in [-0.2, -0.15) is 10.4 Å². The predicted octanol–water partition coefficient (Wildman–Crippen LogP) is 3.10. The summed E-state index contributed by atoms with van der Waals surface area (Å²) in [4.78, 5) is 1.13. The van der Waals surface area contributed by atoms with E-state index in [4.69, 9.17) is 5.26 Å². The molecule has 0 aliphatic carbocycles. The summed E-state index contributed by atoms with van der Waals surface area (Å²) in [7, 11) is 0. The van der Waals surface area contributed by atoms with Gasteiger partial charge in [-0.15, -0.1) is 11.8 Å². The molecular weight excluding hydrogens is 218 g/mol. The molecule has 2 aromatic rings. The molecular formula is C12H13N3S. The van der Waals surface area contributed by atoms with Crippen LogP contribution in [-0.2, 0) is 0 Å². The monoisotopic (exact) mass is 231 g/mol. The first-order chi connectivity index (χ1) is 7.76. The molecule has 4 heteroatoms. The van der Waals surface area contributed by atoms with Gasteiger partial charge in [0.05, 0.1) is 17.3 Å². The van der Waals surface area contributed by atoms with Crippen molar-refractivity contribution in [3.8, 4) is 6.07 Å². The van der Waals surface area contributed by atoms with Crippen LogP contribution in [-0.4, -0.2) is 14.9 Å². The highest BCUT2D eigenvalue weighted by molar-refractivity contribution is 8.00. The van der Waals surface area contributed by atoms with Crippen LogP contribution in [0.5, 0.6) is 0 Å². The fraction of sp³-hybridized carbons (Fsp3) is 0.333. The molecule has 0 spiro atoms. The lowest BCUT2D eigenvalue weighted by Crippen LogP contribution is -1.95. The number of aromatic nitrogens is 2. The summed E-state index contributed by atoms with van der Waals surface area (Å²) >= 11 is 1.80. The molecule has 0 saturated heterocycles. The van der Waals surface area contributed by atoms with E-state index in [9.17, 15) is 0 Å². The number of thioether (sulfide) groups is 1. The van der Waals surface area contributed by atoms with Gasteiger partial charge >= 0.3 is 0 Å². The molecule has 82 valence electrons. The average molecular weight is 231 g/mol. The minimum absolute atomic E-state index is 0.549. The lowest BCUT2D eigenvalue weighted by molar-refractivity contribution is 0.903. The van der Waals surface area contributed by atoms with Crippen LogP contribution in [0.15, 0.2) is 29.4 Å². The SMILES string of the molecule is CC[C@@H](C)Sc1cccn2ncc(C#N)c12. The van der Waals surface area contributed by atoms with Crippen LogP contribution in [0.2, 0.25) is 0 Å². The summed E-state index contributed by atoms with van der Waals surface area (Å²) in [6, 6.07) is 6.20. The number of hydrogen-bond acceptors (Lipinski definition) is 3. The van der Waals surface area contributed by atoms with E-state index in [1.807, 2.05) is 12.3 Å². The van der Waals surface area contributed by atoms with Gasteiger partial charge in [-0.3, -0.25) is 0 Å². The molecule has 0 unspecified atom stereocenters. The quantitative estimate of drug-likeness (QED) is 0.762. The Morgan fingerprint density at radius 1 is 1.62 bits per heavy atom. The number of hydrogen-bond donors (Lipinski definition) is 0. The highest BCUT2D eigenvalue weighted by Crippen LogP contribution is 2.30. The van der Waals surface area contributed by atoms with Gasteiger partial charge in [0.2, 0.25) is 0 Å². The van der Waals surface area contributed by atoms with Crippen molar-refractivity contribution in [2.75, 3.05) is 0 Å². The standard InChI is InChI=1S/C12H13N3S/c1-3-9(2)16-11-5-4-6-15-12(11)10(7-13)8-14-15/h4-6,8-9H,3H2,1-2H3/t9-/m1/s1. The normalized spacial score (nSPS) is 12.6. The summed E-state index contributed by atoms with van der Waals surface area (Å²) in [6.07, 6.45) is 4.61. The maximum atomic E-state index is 9.03. The Balaban J connectivity index is 2.52. The molecule has 0 fully saturated rings. The zero-order valence-corrected chi connectivity index (χ0v) is 10.2. The molecule has 2 aromatic heterocycles. The van der Waals surface area contributed by atoms with E-state index in [1.54, 1.807) is 22.5 Å². The van der Waals surface area contributed by atoms with E-state index in [-0.39, 0.29) is 0 Å². The Labute approximate surface area is 99.1 Å². The fourth-order valence-electron chi connectivity index (χ4n) is 1.49. The van der Waals surface area contributed by atoms with E-state index in [0.29, 0.717) is 10.8 Å². The Hall–Kier alpha value is -1.47. The van der Waals surface area contributed by atoms with Crippen LogP contribution in [0, 0.1) is 11.3 Å². The summed E-state index contributed by atoms with van der Waals surface area (Å²) in [5.74, 6) is 0. The molecule has 0 aromatic carbocycles. The maximum Gasteiger partial charge on any atom is 0.103 e. The van der Waals surface area contributed by atoms with Crippen LogP contribution in [0.1, 0.15) is 25.8 Å². The van der Waals surface area contributed by atoms with Gasteiger partial charge in [0.1, 0.15) is 6.07 Å². The van der Waals surface area contributed by atoms with Crippen molar-refractivity contribution in [3.63, 3.8) is 0 Å². The Morgan fingerprint density at radius 3 is 3.12 bits per heavy atom. The van der Waals surface area contributed by atoms with Crippen molar-refractivity contribution in [1.82, 2.24) is 9.61 Å². The Bertz CT molecular complexity index is 539. The maximum absolute atomic E-state index is 9.03. The predicted molar refractivity (Wildman–Crippen MR) is 65.5 cm³/mol.